The summed E-state index contributed by atoms with van der Waals surface area (Å²) in [7, 11) is 3.93. The number of rotatable bonds is 2. The molecule has 1 N–H and O–H groups in total. The van der Waals surface area contributed by atoms with Crippen molar-refractivity contribution in [1.29, 1.82) is 0 Å². The van der Waals surface area contributed by atoms with E-state index in [4.69, 9.17) is 9.97 Å². The van der Waals surface area contributed by atoms with Crippen molar-refractivity contribution in [2.75, 3.05) is 12.4 Å². The van der Waals surface area contributed by atoms with Gasteiger partial charge in [-0.25, -0.2) is 15.0 Å². The maximum Gasteiger partial charge on any atom is 0.162 e. The van der Waals surface area contributed by atoms with E-state index < -0.39 is 0 Å². The summed E-state index contributed by atoms with van der Waals surface area (Å²) in [6.07, 6.45) is 7.13. The molecule has 0 spiro atoms. The molecule has 0 unspecified atom stereocenters. The smallest absolute Gasteiger partial charge is 0.162 e. The van der Waals surface area contributed by atoms with Gasteiger partial charge in [0.25, 0.3) is 0 Å². The Morgan fingerprint density at radius 2 is 2.10 bits per heavy atom. The van der Waals surface area contributed by atoms with Crippen molar-refractivity contribution >= 4 is 16.9 Å². The second-order valence-electron chi connectivity index (χ2n) is 5.45. The quantitative estimate of drug-likeness (QED) is 0.783. The summed E-state index contributed by atoms with van der Waals surface area (Å²) in [5, 5.41) is 4.32. The van der Waals surface area contributed by atoms with Gasteiger partial charge in [-0.05, 0) is 31.4 Å². The second-order valence-corrected chi connectivity index (χ2v) is 5.45. The van der Waals surface area contributed by atoms with Gasteiger partial charge in [0.1, 0.15) is 11.5 Å². The monoisotopic (exact) mass is 279 g/mol. The summed E-state index contributed by atoms with van der Waals surface area (Å²) < 4.78 is 2.02. The van der Waals surface area contributed by atoms with Crippen molar-refractivity contribution in [1.82, 2.24) is 19.5 Å². The first-order chi connectivity index (χ1) is 10.3. The molecule has 1 aliphatic rings. The number of fused-ring (bicyclic) bond motifs is 2. The Morgan fingerprint density at radius 1 is 1.19 bits per heavy atom. The predicted octanol–water partition coefficient (Wildman–Crippen LogP) is 2.56. The summed E-state index contributed by atoms with van der Waals surface area (Å²) in [5.41, 5.74) is 4.47. The van der Waals surface area contributed by atoms with Crippen LogP contribution >= 0.6 is 0 Å². The van der Waals surface area contributed by atoms with E-state index in [2.05, 4.69) is 16.4 Å². The topological polar surface area (TPSA) is 55.6 Å². The molecule has 5 heteroatoms. The Balaban J connectivity index is 1.97. The van der Waals surface area contributed by atoms with E-state index in [9.17, 15) is 0 Å². The molecule has 21 heavy (non-hydrogen) atoms. The van der Waals surface area contributed by atoms with Crippen LogP contribution < -0.4 is 5.32 Å². The lowest BCUT2D eigenvalue weighted by Crippen LogP contribution is -2.03. The molecule has 0 radical (unpaired) electrons. The van der Waals surface area contributed by atoms with Crippen molar-refractivity contribution < 1.29 is 0 Å². The summed E-state index contributed by atoms with van der Waals surface area (Å²) in [4.78, 5) is 14.0. The van der Waals surface area contributed by atoms with Crippen molar-refractivity contribution in [3.63, 3.8) is 0 Å². The molecule has 3 aromatic rings. The molecule has 5 nitrogen and oxygen atoms in total. The van der Waals surface area contributed by atoms with Crippen LogP contribution in [0.5, 0.6) is 0 Å². The van der Waals surface area contributed by atoms with Gasteiger partial charge >= 0.3 is 0 Å². The number of nitrogens with one attached hydrogen (secondary N) is 1. The first kappa shape index (κ1) is 12.3. The maximum atomic E-state index is 4.80. The largest absolute Gasteiger partial charge is 0.373 e. The van der Waals surface area contributed by atoms with Gasteiger partial charge in [-0.2, -0.15) is 0 Å². The molecule has 1 aliphatic carbocycles. The molecule has 0 amide bonds. The Morgan fingerprint density at radius 3 is 2.95 bits per heavy atom. The molecule has 4 rings (SSSR count). The lowest BCUT2D eigenvalue weighted by atomic mass is 10.1. The highest BCUT2D eigenvalue weighted by Crippen LogP contribution is 2.31. The minimum Gasteiger partial charge on any atom is -0.373 e. The average Bonchev–Trinajstić information content (AvgIpc) is 3.13. The first-order valence-corrected chi connectivity index (χ1v) is 7.26. The molecule has 3 heterocycles. The lowest BCUT2D eigenvalue weighted by molar-refractivity contribution is 0.900. The highest BCUT2D eigenvalue weighted by atomic mass is 15.0. The number of anilines is 1. The molecule has 0 bridgehead atoms. The van der Waals surface area contributed by atoms with Crippen LogP contribution in [0.15, 0.2) is 24.5 Å². The minimum absolute atomic E-state index is 0.790. The van der Waals surface area contributed by atoms with Gasteiger partial charge in [0.15, 0.2) is 5.82 Å². The standard InChI is InChI=1S/C16H17N5/c1-17-14-12-4-3-5-13(12)19-15(20-14)10-6-8-18-16-11(10)7-9-21(16)2/h6-9H,3-5H2,1-2H3,(H,17,19,20). The highest BCUT2D eigenvalue weighted by molar-refractivity contribution is 5.91. The summed E-state index contributed by atoms with van der Waals surface area (Å²) in [6, 6.07) is 4.08. The molecule has 3 aromatic heterocycles. The number of nitrogens with zero attached hydrogens (tertiary/aromatic N) is 4. The third-order valence-corrected chi connectivity index (χ3v) is 4.18. The van der Waals surface area contributed by atoms with E-state index in [0.29, 0.717) is 0 Å². The van der Waals surface area contributed by atoms with Gasteiger partial charge in [0.05, 0.1) is 0 Å². The Kier molecular flexibility index (Phi) is 2.67. The van der Waals surface area contributed by atoms with Crippen molar-refractivity contribution in [3.8, 4) is 11.4 Å². The molecule has 106 valence electrons. The minimum atomic E-state index is 0.790. The predicted molar refractivity (Wildman–Crippen MR) is 83.3 cm³/mol. The Labute approximate surface area is 123 Å². The van der Waals surface area contributed by atoms with Crippen molar-refractivity contribution in [2.45, 2.75) is 19.3 Å². The number of aromatic nitrogens is 4. The van der Waals surface area contributed by atoms with Gasteiger partial charge in [0.2, 0.25) is 0 Å². The summed E-state index contributed by atoms with van der Waals surface area (Å²) >= 11 is 0. The Bertz CT molecular complexity index is 834. The molecule has 0 fully saturated rings. The van der Waals surface area contributed by atoms with E-state index in [1.807, 2.05) is 37.1 Å². The van der Waals surface area contributed by atoms with Gasteiger partial charge in [0, 0.05) is 48.7 Å². The molecule has 0 saturated heterocycles. The van der Waals surface area contributed by atoms with Crippen LogP contribution in [0, 0.1) is 0 Å². The zero-order chi connectivity index (χ0) is 14.4. The van der Waals surface area contributed by atoms with Crippen LogP contribution in [0.3, 0.4) is 0 Å². The van der Waals surface area contributed by atoms with Crippen LogP contribution in [0.4, 0.5) is 5.82 Å². The maximum absolute atomic E-state index is 4.80. The molecule has 0 aromatic carbocycles. The fourth-order valence-electron chi connectivity index (χ4n) is 3.12. The van der Waals surface area contributed by atoms with E-state index in [-0.39, 0.29) is 0 Å². The molecular formula is C16H17N5. The van der Waals surface area contributed by atoms with Crippen LogP contribution in [0.25, 0.3) is 22.4 Å². The van der Waals surface area contributed by atoms with Gasteiger partial charge in [-0.3, -0.25) is 0 Å². The number of hydrogen-bond donors (Lipinski definition) is 1. The SMILES string of the molecule is CNc1nc(-c2ccnc3c2ccn3C)nc2c1CCC2. The third-order valence-electron chi connectivity index (χ3n) is 4.18. The summed E-state index contributed by atoms with van der Waals surface area (Å²) in [6.45, 7) is 0. The van der Waals surface area contributed by atoms with E-state index in [1.54, 1.807) is 0 Å². The highest BCUT2D eigenvalue weighted by Gasteiger charge is 2.20. The number of hydrogen-bond acceptors (Lipinski definition) is 4. The average molecular weight is 279 g/mol. The fourth-order valence-corrected chi connectivity index (χ4v) is 3.12. The molecule has 0 atom stereocenters. The van der Waals surface area contributed by atoms with E-state index in [0.717, 1.165) is 41.1 Å². The third kappa shape index (κ3) is 1.81. The fraction of sp³-hybridized carbons (Fsp3) is 0.312. The van der Waals surface area contributed by atoms with Crippen LogP contribution in [0.1, 0.15) is 17.7 Å². The number of aryl methyl sites for hydroxylation is 2. The lowest BCUT2D eigenvalue weighted by Gasteiger charge is -2.10. The van der Waals surface area contributed by atoms with E-state index >= 15 is 0 Å². The molecular weight excluding hydrogens is 262 g/mol. The van der Waals surface area contributed by atoms with Crippen molar-refractivity contribution in [3.05, 3.63) is 35.8 Å². The second kappa shape index (κ2) is 4.55. The summed E-state index contributed by atoms with van der Waals surface area (Å²) in [5.74, 6) is 1.76. The Hall–Kier alpha value is -2.43. The van der Waals surface area contributed by atoms with Gasteiger partial charge in [-0.1, -0.05) is 0 Å². The first-order valence-electron chi connectivity index (χ1n) is 7.26. The normalized spacial score (nSPS) is 13.6. The van der Waals surface area contributed by atoms with Crippen LogP contribution in [-0.4, -0.2) is 26.6 Å². The number of pyridine rings is 1. The zero-order valence-electron chi connectivity index (χ0n) is 12.2. The van der Waals surface area contributed by atoms with Crippen molar-refractivity contribution in [2.24, 2.45) is 7.05 Å². The van der Waals surface area contributed by atoms with E-state index in [1.165, 1.54) is 17.7 Å². The van der Waals surface area contributed by atoms with Gasteiger partial charge in [-0.15, -0.1) is 0 Å². The van der Waals surface area contributed by atoms with Gasteiger partial charge < -0.3 is 9.88 Å². The molecule has 0 saturated carbocycles. The van der Waals surface area contributed by atoms with Crippen LogP contribution in [0.2, 0.25) is 0 Å². The zero-order valence-corrected chi connectivity index (χ0v) is 12.2. The molecule has 0 aliphatic heterocycles. The van der Waals surface area contributed by atoms with Crippen LogP contribution in [-0.2, 0) is 19.9 Å².